The van der Waals surface area contributed by atoms with E-state index >= 15 is 0 Å². The summed E-state index contributed by atoms with van der Waals surface area (Å²) in [6.07, 6.45) is -0.344. The number of nitrogens with zero attached hydrogens (tertiary/aromatic N) is 2. The van der Waals surface area contributed by atoms with Crippen molar-refractivity contribution in [3.8, 4) is 11.3 Å². The standard InChI is InChI=1S/C14H14F3N3/c1-2-7-19-13-12(18-8-9-20-13)10-3-5-11(6-4-10)14(15,16)17/h3-6,8-9H,2,7H2,1H3,(H,19,20). The molecule has 6 heteroatoms. The highest BCUT2D eigenvalue weighted by molar-refractivity contribution is 5.71. The Bertz CT molecular complexity index is 565. The van der Waals surface area contributed by atoms with Gasteiger partial charge in [-0.05, 0) is 18.6 Å². The van der Waals surface area contributed by atoms with Crippen molar-refractivity contribution >= 4 is 5.82 Å². The van der Waals surface area contributed by atoms with Gasteiger partial charge in [-0.15, -0.1) is 0 Å². The first-order chi connectivity index (χ1) is 9.52. The van der Waals surface area contributed by atoms with Gasteiger partial charge in [0, 0.05) is 24.5 Å². The van der Waals surface area contributed by atoms with E-state index in [9.17, 15) is 13.2 Å². The molecule has 2 rings (SSSR count). The van der Waals surface area contributed by atoms with Gasteiger partial charge in [0.1, 0.15) is 5.69 Å². The molecule has 0 saturated carbocycles. The second kappa shape index (κ2) is 5.90. The molecule has 1 aromatic heterocycles. The van der Waals surface area contributed by atoms with Crippen molar-refractivity contribution in [3.63, 3.8) is 0 Å². The van der Waals surface area contributed by atoms with Gasteiger partial charge in [0.05, 0.1) is 5.56 Å². The summed E-state index contributed by atoms with van der Waals surface area (Å²) in [4.78, 5) is 8.36. The van der Waals surface area contributed by atoms with Gasteiger partial charge in [0.15, 0.2) is 5.82 Å². The second-order valence-electron chi connectivity index (χ2n) is 4.26. The molecular weight excluding hydrogens is 267 g/mol. The van der Waals surface area contributed by atoms with E-state index in [4.69, 9.17) is 0 Å². The predicted molar refractivity (Wildman–Crippen MR) is 71.3 cm³/mol. The van der Waals surface area contributed by atoms with Gasteiger partial charge in [0.2, 0.25) is 0 Å². The maximum absolute atomic E-state index is 12.5. The Morgan fingerprint density at radius 3 is 2.30 bits per heavy atom. The van der Waals surface area contributed by atoms with E-state index in [1.165, 1.54) is 18.3 Å². The third kappa shape index (κ3) is 3.26. The molecule has 1 N–H and O–H groups in total. The molecule has 0 radical (unpaired) electrons. The third-order valence-electron chi connectivity index (χ3n) is 2.73. The lowest BCUT2D eigenvalue weighted by atomic mass is 10.1. The molecule has 106 valence electrons. The predicted octanol–water partition coefficient (Wildman–Crippen LogP) is 3.98. The van der Waals surface area contributed by atoms with Crippen LogP contribution in [0.5, 0.6) is 0 Å². The molecule has 1 heterocycles. The molecular formula is C14H14F3N3. The second-order valence-corrected chi connectivity index (χ2v) is 4.26. The molecule has 3 nitrogen and oxygen atoms in total. The number of hydrogen-bond acceptors (Lipinski definition) is 3. The zero-order valence-corrected chi connectivity index (χ0v) is 10.9. The molecule has 2 aromatic rings. The number of aromatic nitrogens is 2. The van der Waals surface area contributed by atoms with Crippen LogP contribution >= 0.6 is 0 Å². The average Bonchev–Trinajstić information content (AvgIpc) is 2.45. The van der Waals surface area contributed by atoms with E-state index in [-0.39, 0.29) is 0 Å². The van der Waals surface area contributed by atoms with Gasteiger partial charge in [-0.2, -0.15) is 13.2 Å². The van der Waals surface area contributed by atoms with E-state index in [1.54, 1.807) is 6.20 Å². The van der Waals surface area contributed by atoms with Crippen molar-refractivity contribution in [1.82, 2.24) is 9.97 Å². The van der Waals surface area contributed by atoms with Crippen LogP contribution in [0.4, 0.5) is 19.0 Å². The van der Waals surface area contributed by atoms with Crippen LogP contribution in [-0.4, -0.2) is 16.5 Å². The zero-order valence-electron chi connectivity index (χ0n) is 10.9. The smallest absolute Gasteiger partial charge is 0.368 e. The van der Waals surface area contributed by atoms with E-state index in [0.717, 1.165) is 25.1 Å². The minimum atomic E-state index is -4.33. The molecule has 0 amide bonds. The molecule has 0 unspecified atom stereocenters. The monoisotopic (exact) mass is 281 g/mol. The molecule has 0 aliphatic rings. The van der Waals surface area contributed by atoms with Crippen molar-refractivity contribution in [2.24, 2.45) is 0 Å². The summed E-state index contributed by atoms with van der Waals surface area (Å²) in [6.45, 7) is 2.74. The van der Waals surface area contributed by atoms with E-state index in [2.05, 4.69) is 15.3 Å². The number of nitrogens with one attached hydrogen (secondary N) is 1. The van der Waals surface area contributed by atoms with Crippen molar-refractivity contribution in [3.05, 3.63) is 42.2 Å². The van der Waals surface area contributed by atoms with Crippen LogP contribution in [-0.2, 0) is 6.18 Å². The summed E-state index contributed by atoms with van der Waals surface area (Å²) in [6, 6.07) is 4.91. The van der Waals surface area contributed by atoms with Gasteiger partial charge >= 0.3 is 6.18 Å². The first kappa shape index (κ1) is 14.3. The van der Waals surface area contributed by atoms with Crippen LogP contribution in [0.15, 0.2) is 36.7 Å². The van der Waals surface area contributed by atoms with E-state index < -0.39 is 11.7 Å². The average molecular weight is 281 g/mol. The SMILES string of the molecule is CCCNc1nccnc1-c1ccc(C(F)(F)F)cc1. The lowest BCUT2D eigenvalue weighted by Crippen LogP contribution is -2.06. The van der Waals surface area contributed by atoms with Crippen molar-refractivity contribution in [1.29, 1.82) is 0 Å². The zero-order chi connectivity index (χ0) is 14.6. The fourth-order valence-electron chi connectivity index (χ4n) is 1.74. The highest BCUT2D eigenvalue weighted by Gasteiger charge is 2.30. The first-order valence-electron chi connectivity index (χ1n) is 6.25. The Hall–Kier alpha value is -2.11. The highest BCUT2D eigenvalue weighted by Crippen LogP contribution is 2.31. The Morgan fingerprint density at radius 1 is 1.05 bits per heavy atom. The number of benzene rings is 1. The quantitative estimate of drug-likeness (QED) is 0.921. The fraction of sp³-hybridized carbons (Fsp3) is 0.286. The van der Waals surface area contributed by atoms with Crippen LogP contribution in [0, 0.1) is 0 Å². The fourth-order valence-corrected chi connectivity index (χ4v) is 1.74. The molecule has 20 heavy (non-hydrogen) atoms. The first-order valence-corrected chi connectivity index (χ1v) is 6.25. The van der Waals surface area contributed by atoms with E-state index in [0.29, 0.717) is 17.1 Å². The van der Waals surface area contributed by atoms with Crippen molar-refractivity contribution < 1.29 is 13.2 Å². The van der Waals surface area contributed by atoms with Crippen molar-refractivity contribution in [2.45, 2.75) is 19.5 Å². The highest BCUT2D eigenvalue weighted by atomic mass is 19.4. The minimum absolute atomic E-state index is 0.551. The molecule has 0 atom stereocenters. The van der Waals surface area contributed by atoms with Crippen LogP contribution in [0.25, 0.3) is 11.3 Å². The summed E-state index contributed by atoms with van der Waals surface area (Å²) in [5, 5.41) is 3.11. The number of hydrogen-bond donors (Lipinski definition) is 1. The molecule has 0 saturated heterocycles. The largest absolute Gasteiger partial charge is 0.416 e. The van der Waals surface area contributed by atoms with Crippen LogP contribution in [0.2, 0.25) is 0 Å². The molecule has 1 aromatic carbocycles. The maximum Gasteiger partial charge on any atom is 0.416 e. The lowest BCUT2D eigenvalue weighted by molar-refractivity contribution is -0.137. The lowest BCUT2D eigenvalue weighted by Gasteiger charge is -2.10. The van der Waals surface area contributed by atoms with Gasteiger partial charge in [-0.1, -0.05) is 19.1 Å². The number of halogens is 3. The minimum Gasteiger partial charge on any atom is -0.368 e. The number of anilines is 1. The Balaban J connectivity index is 2.32. The Morgan fingerprint density at radius 2 is 1.70 bits per heavy atom. The summed E-state index contributed by atoms with van der Waals surface area (Å²) in [5.41, 5.74) is 0.479. The van der Waals surface area contributed by atoms with Gasteiger partial charge in [0.25, 0.3) is 0 Å². The van der Waals surface area contributed by atoms with Gasteiger partial charge in [-0.25, -0.2) is 4.98 Å². The summed E-state index contributed by atoms with van der Waals surface area (Å²) >= 11 is 0. The third-order valence-corrected chi connectivity index (χ3v) is 2.73. The summed E-state index contributed by atoms with van der Waals surface area (Å²) in [7, 11) is 0. The molecule has 0 fully saturated rings. The van der Waals surface area contributed by atoms with Gasteiger partial charge in [-0.3, -0.25) is 4.98 Å². The maximum atomic E-state index is 12.5. The summed E-state index contributed by atoms with van der Waals surface area (Å²) in [5.74, 6) is 0.578. The topological polar surface area (TPSA) is 37.8 Å². The molecule has 0 spiro atoms. The molecule has 0 aliphatic carbocycles. The van der Waals surface area contributed by atoms with Crippen LogP contribution in [0.3, 0.4) is 0 Å². The van der Waals surface area contributed by atoms with Gasteiger partial charge < -0.3 is 5.32 Å². The summed E-state index contributed by atoms with van der Waals surface area (Å²) < 4.78 is 37.6. The Labute approximate surface area is 114 Å². The van der Waals surface area contributed by atoms with Crippen molar-refractivity contribution in [2.75, 3.05) is 11.9 Å². The van der Waals surface area contributed by atoms with E-state index in [1.807, 2.05) is 6.92 Å². The molecule has 0 aliphatic heterocycles. The normalized spacial score (nSPS) is 11.4. The number of rotatable bonds is 4. The molecule has 0 bridgehead atoms. The van der Waals surface area contributed by atoms with Crippen LogP contribution in [0.1, 0.15) is 18.9 Å². The Kier molecular flexibility index (Phi) is 4.22. The number of alkyl halides is 3. The van der Waals surface area contributed by atoms with Crippen LogP contribution < -0.4 is 5.32 Å².